The number of hydrogen-bond acceptors (Lipinski definition) is 2. The molecule has 0 fully saturated rings. The SMILES string of the molecule is CCCC(=O)Nc1n[nH]c2cc(-c3cc(Cl)cc(Cl)c3)ccc12. The molecule has 0 aliphatic rings. The molecule has 0 saturated heterocycles. The zero-order chi connectivity index (χ0) is 16.4. The maximum atomic E-state index is 11.7. The van der Waals surface area contributed by atoms with Crippen molar-refractivity contribution in [2.75, 3.05) is 5.32 Å². The number of rotatable bonds is 4. The molecule has 0 bridgehead atoms. The lowest BCUT2D eigenvalue weighted by molar-refractivity contribution is -0.116. The van der Waals surface area contributed by atoms with Crippen LogP contribution in [0.25, 0.3) is 22.0 Å². The molecule has 0 spiro atoms. The van der Waals surface area contributed by atoms with Gasteiger partial charge in [-0.1, -0.05) is 36.2 Å². The Morgan fingerprint density at radius 3 is 2.57 bits per heavy atom. The van der Waals surface area contributed by atoms with Crippen molar-refractivity contribution in [3.8, 4) is 11.1 Å². The molecule has 2 N–H and O–H groups in total. The van der Waals surface area contributed by atoms with E-state index in [0.717, 1.165) is 28.5 Å². The summed E-state index contributed by atoms with van der Waals surface area (Å²) in [6, 6.07) is 11.2. The molecule has 1 amide bonds. The summed E-state index contributed by atoms with van der Waals surface area (Å²) in [5.74, 6) is 0.515. The normalized spacial score (nSPS) is 10.9. The van der Waals surface area contributed by atoms with Crippen molar-refractivity contribution in [2.24, 2.45) is 0 Å². The van der Waals surface area contributed by atoms with Gasteiger partial charge in [0.25, 0.3) is 0 Å². The molecule has 6 heteroatoms. The summed E-state index contributed by atoms with van der Waals surface area (Å²) in [5.41, 5.74) is 2.73. The molecule has 118 valence electrons. The summed E-state index contributed by atoms with van der Waals surface area (Å²) in [6.45, 7) is 1.96. The van der Waals surface area contributed by atoms with Gasteiger partial charge in [-0.25, -0.2) is 0 Å². The van der Waals surface area contributed by atoms with E-state index in [2.05, 4.69) is 15.5 Å². The van der Waals surface area contributed by atoms with Gasteiger partial charge >= 0.3 is 0 Å². The van der Waals surface area contributed by atoms with Crippen LogP contribution in [0.5, 0.6) is 0 Å². The lowest BCUT2D eigenvalue weighted by Crippen LogP contribution is -2.10. The minimum atomic E-state index is -0.0356. The van der Waals surface area contributed by atoms with Crippen molar-refractivity contribution in [1.29, 1.82) is 0 Å². The fourth-order valence-electron chi connectivity index (χ4n) is 2.44. The quantitative estimate of drug-likeness (QED) is 0.674. The third kappa shape index (κ3) is 3.49. The Bertz CT molecular complexity index is 853. The highest BCUT2D eigenvalue weighted by Gasteiger charge is 2.10. The van der Waals surface area contributed by atoms with Gasteiger partial charge in [0.05, 0.1) is 5.52 Å². The lowest BCUT2D eigenvalue weighted by Gasteiger charge is -2.05. The Balaban J connectivity index is 1.96. The van der Waals surface area contributed by atoms with Gasteiger partial charge in [-0.05, 0) is 47.9 Å². The van der Waals surface area contributed by atoms with E-state index >= 15 is 0 Å². The number of carbonyl (C=O) groups is 1. The highest BCUT2D eigenvalue weighted by molar-refractivity contribution is 6.35. The molecule has 0 radical (unpaired) electrons. The molecule has 23 heavy (non-hydrogen) atoms. The van der Waals surface area contributed by atoms with Gasteiger partial charge in [-0.3, -0.25) is 9.89 Å². The van der Waals surface area contributed by atoms with Crippen molar-refractivity contribution in [3.63, 3.8) is 0 Å². The number of nitrogens with zero attached hydrogens (tertiary/aromatic N) is 1. The predicted octanol–water partition coefficient (Wildman–Crippen LogP) is 5.28. The zero-order valence-electron chi connectivity index (χ0n) is 12.5. The number of hydrogen-bond donors (Lipinski definition) is 2. The molecule has 0 saturated carbocycles. The third-order valence-corrected chi connectivity index (χ3v) is 3.93. The second-order valence-corrected chi connectivity index (χ2v) is 6.16. The third-order valence-electron chi connectivity index (χ3n) is 3.49. The number of fused-ring (bicyclic) bond motifs is 1. The van der Waals surface area contributed by atoms with Crippen molar-refractivity contribution in [1.82, 2.24) is 10.2 Å². The number of H-pyrrole nitrogens is 1. The van der Waals surface area contributed by atoms with Crippen molar-refractivity contribution in [3.05, 3.63) is 46.4 Å². The van der Waals surface area contributed by atoms with E-state index < -0.39 is 0 Å². The topological polar surface area (TPSA) is 57.8 Å². The van der Waals surface area contributed by atoms with Gasteiger partial charge in [0.15, 0.2) is 5.82 Å². The molecule has 3 rings (SSSR count). The Hall–Kier alpha value is -2.04. The van der Waals surface area contributed by atoms with E-state index in [-0.39, 0.29) is 5.91 Å². The fourth-order valence-corrected chi connectivity index (χ4v) is 2.96. The summed E-state index contributed by atoms with van der Waals surface area (Å²) in [5, 5.41) is 12.0. The van der Waals surface area contributed by atoms with Gasteiger partial charge in [-0.15, -0.1) is 0 Å². The molecule has 0 unspecified atom stereocenters. The van der Waals surface area contributed by atoms with Crippen LogP contribution in [-0.4, -0.2) is 16.1 Å². The average Bonchev–Trinajstić information content (AvgIpc) is 2.89. The lowest BCUT2D eigenvalue weighted by atomic mass is 10.0. The zero-order valence-corrected chi connectivity index (χ0v) is 14.0. The molecule has 0 atom stereocenters. The standard InChI is InChI=1S/C17H15Cl2N3O/c1-2-3-16(23)20-17-14-5-4-10(8-15(14)21-22-17)11-6-12(18)9-13(19)7-11/h4-9H,2-3H2,1H3,(H2,20,21,22,23). The van der Waals surface area contributed by atoms with Gasteiger partial charge in [-0.2, -0.15) is 5.10 Å². The number of amides is 1. The van der Waals surface area contributed by atoms with Crippen LogP contribution in [0.4, 0.5) is 5.82 Å². The molecule has 3 aromatic rings. The largest absolute Gasteiger partial charge is 0.309 e. The molecular formula is C17H15Cl2N3O. The van der Waals surface area contributed by atoms with Crippen molar-refractivity contribution in [2.45, 2.75) is 19.8 Å². The van der Waals surface area contributed by atoms with E-state index in [4.69, 9.17) is 23.2 Å². The molecule has 1 aromatic heterocycles. The molecular weight excluding hydrogens is 333 g/mol. The summed E-state index contributed by atoms with van der Waals surface area (Å²) >= 11 is 12.1. The van der Waals surface area contributed by atoms with Crippen LogP contribution in [0, 0.1) is 0 Å². The average molecular weight is 348 g/mol. The number of halogens is 2. The van der Waals surface area contributed by atoms with Crippen LogP contribution in [-0.2, 0) is 4.79 Å². The molecule has 2 aromatic carbocycles. The summed E-state index contributed by atoms with van der Waals surface area (Å²) in [6.07, 6.45) is 1.28. The fraction of sp³-hybridized carbons (Fsp3) is 0.176. The molecule has 1 heterocycles. The van der Waals surface area contributed by atoms with Crippen molar-refractivity contribution >= 4 is 45.8 Å². The van der Waals surface area contributed by atoms with E-state index in [1.807, 2.05) is 37.3 Å². The van der Waals surface area contributed by atoms with Crippen molar-refractivity contribution < 1.29 is 4.79 Å². The number of carbonyl (C=O) groups excluding carboxylic acids is 1. The first-order chi connectivity index (χ1) is 11.1. The van der Waals surface area contributed by atoms with E-state index in [9.17, 15) is 4.79 Å². The Labute approximate surface area is 143 Å². The van der Waals surface area contributed by atoms with Crippen LogP contribution in [0.1, 0.15) is 19.8 Å². The first kappa shape index (κ1) is 15.8. The van der Waals surface area contributed by atoms with Gasteiger partial charge in [0.1, 0.15) is 0 Å². The minimum Gasteiger partial charge on any atom is -0.309 e. The van der Waals surface area contributed by atoms with E-state index in [1.54, 1.807) is 6.07 Å². The summed E-state index contributed by atoms with van der Waals surface area (Å²) in [4.78, 5) is 11.7. The second-order valence-electron chi connectivity index (χ2n) is 5.29. The first-order valence-electron chi connectivity index (χ1n) is 7.31. The highest BCUT2D eigenvalue weighted by atomic mass is 35.5. The van der Waals surface area contributed by atoms with Crippen LogP contribution in [0.15, 0.2) is 36.4 Å². The smallest absolute Gasteiger partial charge is 0.225 e. The monoisotopic (exact) mass is 347 g/mol. The van der Waals surface area contributed by atoms with Crippen LogP contribution < -0.4 is 5.32 Å². The Morgan fingerprint density at radius 2 is 1.87 bits per heavy atom. The Morgan fingerprint density at radius 1 is 1.13 bits per heavy atom. The highest BCUT2D eigenvalue weighted by Crippen LogP contribution is 2.30. The number of benzene rings is 2. The number of nitrogens with one attached hydrogen (secondary N) is 2. The maximum Gasteiger partial charge on any atom is 0.225 e. The summed E-state index contributed by atoms with van der Waals surface area (Å²) in [7, 11) is 0. The minimum absolute atomic E-state index is 0.0356. The summed E-state index contributed by atoms with van der Waals surface area (Å²) < 4.78 is 0. The van der Waals surface area contributed by atoms with Crippen LogP contribution in [0.2, 0.25) is 10.0 Å². The molecule has 0 aliphatic carbocycles. The first-order valence-corrected chi connectivity index (χ1v) is 8.07. The van der Waals surface area contributed by atoms with E-state index in [0.29, 0.717) is 22.3 Å². The molecule has 0 aliphatic heterocycles. The van der Waals surface area contributed by atoms with Crippen LogP contribution >= 0.6 is 23.2 Å². The number of aromatic nitrogens is 2. The van der Waals surface area contributed by atoms with Gasteiger partial charge in [0, 0.05) is 21.9 Å². The molecule has 4 nitrogen and oxygen atoms in total. The maximum absolute atomic E-state index is 11.7. The number of anilines is 1. The van der Waals surface area contributed by atoms with Crippen LogP contribution in [0.3, 0.4) is 0 Å². The van der Waals surface area contributed by atoms with E-state index in [1.165, 1.54) is 0 Å². The second kappa shape index (κ2) is 6.60. The van der Waals surface area contributed by atoms with Gasteiger partial charge < -0.3 is 5.32 Å². The number of aromatic amines is 1. The predicted molar refractivity (Wildman–Crippen MR) is 95.1 cm³/mol. The van der Waals surface area contributed by atoms with Gasteiger partial charge in [0.2, 0.25) is 5.91 Å². The Kier molecular flexibility index (Phi) is 4.55.